The number of nitrogens with one attached hydrogen (secondary N) is 2. The third-order valence-corrected chi connectivity index (χ3v) is 5.21. The Kier molecular flexibility index (Phi) is 5.58. The molecule has 1 saturated heterocycles. The molecule has 2 amide bonds. The van der Waals surface area contributed by atoms with E-state index >= 15 is 0 Å². The van der Waals surface area contributed by atoms with E-state index in [0.717, 1.165) is 12.1 Å². The molecule has 6 nitrogen and oxygen atoms in total. The fourth-order valence-electron chi connectivity index (χ4n) is 3.64. The first kappa shape index (κ1) is 18.5. The summed E-state index contributed by atoms with van der Waals surface area (Å²) in [6.45, 7) is 3.82. The number of piperidine rings is 1. The van der Waals surface area contributed by atoms with Crippen LogP contribution in [0, 0.1) is 0 Å². The molecule has 0 atom stereocenters. The molecule has 28 heavy (non-hydrogen) atoms. The lowest BCUT2D eigenvalue weighted by Gasteiger charge is -2.26. The maximum absolute atomic E-state index is 12.4. The summed E-state index contributed by atoms with van der Waals surface area (Å²) in [6.07, 6.45) is 3.94. The first-order valence-corrected chi connectivity index (χ1v) is 9.82. The van der Waals surface area contributed by atoms with Gasteiger partial charge in [-0.05, 0) is 55.3 Å². The Morgan fingerprint density at radius 3 is 2.57 bits per heavy atom. The Morgan fingerprint density at radius 2 is 1.79 bits per heavy atom. The standard InChI is InChI=1S/C22H25N3O3/c26-21-15-28-20-12-18(8-9-19(20)24-21)22(27)23-13-16-4-6-17(7-5-16)14-25-10-2-1-3-11-25/h4-9,12H,1-3,10-11,13-15H2,(H,23,27)(H,24,26). The van der Waals surface area contributed by atoms with Gasteiger partial charge < -0.3 is 15.4 Å². The van der Waals surface area contributed by atoms with Crippen LogP contribution in [0.3, 0.4) is 0 Å². The molecule has 2 aromatic carbocycles. The summed E-state index contributed by atoms with van der Waals surface area (Å²) < 4.78 is 5.37. The number of hydrogen-bond donors (Lipinski definition) is 2. The quantitative estimate of drug-likeness (QED) is 0.838. The molecule has 2 aliphatic rings. The highest BCUT2D eigenvalue weighted by molar-refractivity contribution is 5.98. The molecule has 6 heteroatoms. The monoisotopic (exact) mass is 379 g/mol. The molecule has 2 aromatic rings. The molecule has 0 radical (unpaired) electrons. The van der Waals surface area contributed by atoms with Crippen LogP contribution in [0.1, 0.15) is 40.7 Å². The Morgan fingerprint density at radius 1 is 1.04 bits per heavy atom. The van der Waals surface area contributed by atoms with Crippen molar-refractivity contribution in [1.29, 1.82) is 0 Å². The summed E-state index contributed by atoms with van der Waals surface area (Å²) in [7, 11) is 0. The van der Waals surface area contributed by atoms with Crippen molar-refractivity contribution in [3.8, 4) is 5.75 Å². The van der Waals surface area contributed by atoms with E-state index in [9.17, 15) is 9.59 Å². The maximum atomic E-state index is 12.4. The van der Waals surface area contributed by atoms with Crippen LogP contribution >= 0.6 is 0 Å². The predicted octanol–water partition coefficient (Wildman–Crippen LogP) is 2.93. The van der Waals surface area contributed by atoms with Gasteiger partial charge in [-0.1, -0.05) is 30.7 Å². The van der Waals surface area contributed by atoms with Gasteiger partial charge in [-0.25, -0.2) is 0 Å². The van der Waals surface area contributed by atoms with E-state index in [4.69, 9.17) is 4.74 Å². The zero-order valence-corrected chi connectivity index (χ0v) is 15.9. The average Bonchev–Trinajstić information content (AvgIpc) is 2.73. The van der Waals surface area contributed by atoms with Crippen molar-refractivity contribution in [2.75, 3.05) is 25.0 Å². The number of benzene rings is 2. The Hall–Kier alpha value is -2.86. The number of rotatable bonds is 5. The second-order valence-corrected chi connectivity index (χ2v) is 7.38. The van der Waals surface area contributed by atoms with Gasteiger partial charge in [-0.2, -0.15) is 0 Å². The fraction of sp³-hybridized carbons (Fsp3) is 0.364. The largest absolute Gasteiger partial charge is 0.482 e. The Labute approximate surface area is 164 Å². The average molecular weight is 379 g/mol. The molecule has 0 aromatic heterocycles. The van der Waals surface area contributed by atoms with Gasteiger partial charge in [0.2, 0.25) is 0 Å². The summed E-state index contributed by atoms with van der Waals surface area (Å²) in [5.74, 6) is 0.170. The third kappa shape index (κ3) is 4.51. The van der Waals surface area contributed by atoms with Gasteiger partial charge >= 0.3 is 0 Å². The summed E-state index contributed by atoms with van der Waals surface area (Å²) in [4.78, 5) is 26.3. The van der Waals surface area contributed by atoms with Crippen LogP contribution in [-0.2, 0) is 17.9 Å². The fourth-order valence-corrected chi connectivity index (χ4v) is 3.64. The SMILES string of the molecule is O=C1COc2cc(C(=O)NCc3ccc(CN4CCCCC4)cc3)ccc2N1. The summed E-state index contributed by atoms with van der Waals surface area (Å²) in [5.41, 5.74) is 3.48. The zero-order valence-electron chi connectivity index (χ0n) is 15.9. The minimum absolute atomic E-state index is 0.0259. The van der Waals surface area contributed by atoms with Gasteiger partial charge in [-0.15, -0.1) is 0 Å². The molecule has 2 heterocycles. The van der Waals surface area contributed by atoms with Crippen LogP contribution in [0.2, 0.25) is 0 Å². The molecule has 2 N–H and O–H groups in total. The van der Waals surface area contributed by atoms with E-state index in [1.807, 2.05) is 0 Å². The molecule has 1 fully saturated rings. The first-order chi connectivity index (χ1) is 13.7. The van der Waals surface area contributed by atoms with Crippen molar-refractivity contribution >= 4 is 17.5 Å². The number of fused-ring (bicyclic) bond motifs is 1. The van der Waals surface area contributed by atoms with Crippen LogP contribution in [-0.4, -0.2) is 36.4 Å². The van der Waals surface area contributed by atoms with Crippen molar-refractivity contribution in [1.82, 2.24) is 10.2 Å². The summed E-state index contributed by atoms with van der Waals surface area (Å²) in [6, 6.07) is 13.5. The third-order valence-electron chi connectivity index (χ3n) is 5.21. The minimum atomic E-state index is -0.187. The molecular weight excluding hydrogens is 354 g/mol. The lowest BCUT2D eigenvalue weighted by atomic mass is 10.1. The smallest absolute Gasteiger partial charge is 0.262 e. The van der Waals surface area contributed by atoms with Crippen LogP contribution < -0.4 is 15.4 Å². The van der Waals surface area contributed by atoms with E-state index in [1.165, 1.54) is 37.9 Å². The lowest BCUT2D eigenvalue weighted by molar-refractivity contribution is -0.118. The first-order valence-electron chi connectivity index (χ1n) is 9.82. The molecule has 0 saturated carbocycles. The van der Waals surface area contributed by atoms with Crippen molar-refractivity contribution < 1.29 is 14.3 Å². The van der Waals surface area contributed by atoms with Gasteiger partial charge in [0, 0.05) is 18.7 Å². The van der Waals surface area contributed by atoms with Gasteiger partial charge in [-0.3, -0.25) is 14.5 Å². The van der Waals surface area contributed by atoms with E-state index in [0.29, 0.717) is 23.5 Å². The number of hydrogen-bond acceptors (Lipinski definition) is 4. The molecule has 2 aliphatic heterocycles. The molecule has 4 rings (SSSR count). The number of amides is 2. The highest BCUT2D eigenvalue weighted by Gasteiger charge is 2.17. The van der Waals surface area contributed by atoms with Crippen LogP contribution in [0.5, 0.6) is 5.75 Å². The summed E-state index contributed by atoms with van der Waals surface area (Å²) >= 11 is 0. The number of anilines is 1. The molecule has 0 unspecified atom stereocenters. The van der Waals surface area contributed by atoms with Crippen molar-refractivity contribution in [2.45, 2.75) is 32.4 Å². The normalized spacial score (nSPS) is 16.6. The topological polar surface area (TPSA) is 70.7 Å². The highest BCUT2D eigenvalue weighted by Crippen LogP contribution is 2.28. The molecule has 0 bridgehead atoms. The van der Waals surface area contributed by atoms with Gasteiger partial charge in [0.1, 0.15) is 5.75 Å². The Bertz CT molecular complexity index is 858. The van der Waals surface area contributed by atoms with Crippen LogP contribution in [0.15, 0.2) is 42.5 Å². The number of likely N-dealkylation sites (tertiary alicyclic amines) is 1. The molecule has 0 spiro atoms. The molecule has 0 aliphatic carbocycles. The van der Waals surface area contributed by atoms with E-state index in [-0.39, 0.29) is 18.4 Å². The van der Waals surface area contributed by atoms with Crippen molar-refractivity contribution in [3.63, 3.8) is 0 Å². The van der Waals surface area contributed by atoms with Crippen molar-refractivity contribution in [2.24, 2.45) is 0 Å². The highest BCUT2D eigenvalue weighted by atomic mass is 16.5. The van der Waals surface area contributed by atoms with E-state index < -0.39 is 0 Å². The number of ether oxygens (including phenoxy) is 1. The van der Waals surface area contributed by atoms with Gasteiger partial charge in [0.25, 0.3) is 11.8 Å². The lowest BCUT2D eigenvalue weighted by Crippen LogP contribution is -2.29. The van der Waals surface area contributed by atoms with Crippen LogP contribution in [0.4, 0.5) is 5.69 Å². The van der Waals surface area contributed by atoms with E-state index in [1.54, 1.807) is 18.2 Å². The maximum Gasteiger partial charge on any atom is 0.262 e. The second kappa shape index (κ2) is 8.44. The van der Waals surface area contributed by atoms with Crippen molar-refractivity contribution in [3.05, 3.63) is 59.2 Å². The zero-order chi connectivity index (χ0) is 19.3. The molecule has 146 valence electrons. The summed E-state index contributed by atoms with van der Waals surface area (Å²) in [5, 5.41) is 5.66. The van der Waals surface area contributed by atoms with E-state index in [2.05, 4.69) is 39.8 Å². The number of carbonyl (C=O) groups excluding carboxylic acids is 2. The van der Waals surface area contributed by atoms with Gasteiger partial charge in [0.15, 0.2) is 6.61 Å². The van der Waals surface area contributed by atoms with Crippen LogP contribution in [0.25, 0.3) is 0 Å². The minimum Gasteiger partial charge on any atom is -0.482 e. The number of nitrogens with zero attached hydrogens (tertiary/aromatic N) is 1. The molecular formula is C22H25N3O3. The number of carbonyl (C=O) groups is 2. The van der Waals surface area contributed by atoms with Gasteiger partial charge in [0.05, 0.1) is 5.69 Å². The Balaban J connectivity index is 1.31. The predicted molar refractivity (Wildman–Crippen MR) is 107 cm³/mol. The second-order valence-electron chi connectivity index (χ2n) is 7.38.